The normalized spacial score (nSPS) is 22.8. The fourth-order valence-corrected chi connectivity index (χ4v) is 13.9. The molecule has 28 heteroatoms. The maximum atomic E-state index is 14.8. The van der Waals surface area contributed by atoms with Crippen molar-refractivity contribution in [1.29, 1.82) is 0 Å². The molecule has 400 valence electrons. The van der Waals surface area contributed by atoms with Gasteiger partial charge in [0.1, 0.15) is 41.7 Å². The zero-order valence-corrected chi connectivity index (χ0v) is 46.2. The monoisotopic (exact) mass is 1140 g/mol. The van der Waals surface area contributed by atoms with E-state index in [9.17, 15) is 58.2 Å². The van der Waals surface area contributed by atoms with Gasteiger partial charge in [0.05, 0.1) is 24.1 Å². The van der Waals surface area contributed by atoms with Crippen molar-refractivity contribution in [2.45, 2.75) is 35.6 Å². The van der Waals surface area contributed by atoms with Gasteiger partial charge in [0.2, 0.25) is 39.8 Å². The Kier molecular flexibility index (Phi) is 20.8. The van der Waals surface area contributed by atoms with Gasteiger partial charge in [-0.15, -0.1) is 0 Å². The second-order valence-corrected chi connectivity index (χ2v) is 23.3. The summed E-state index contributed by atoms with van der Waals surface area (Å²) in [6, 6.07) is 9.23. The lowest BCUT2D eigenvalue weighted by Gasteiger charge is -2.35. The van der Waals surface area contributed by atoms with Gasteiger partial charge in [0.15, 0.2) is 16.8 Å². The molecular weight excluding hydrogens is 1090 g/mol. The van der Waals surface area contributed by atoms with Crippen molar-refractivity contribution in [3.63, 3.8) is 0 Å². The maximum absolute atomic E-state index is 14.8. The zero-order chi connectivity index (χ0) is 54.7. The molecule has 2 bridgehead atoms. The number of nitrogens with one attached hydrogen (secondary N) is 4. The van der Waals surface area contributed by atoms with Crippen LogP contribution in [0.1, 0.15) is 21.0 Å². The van der Waals surface area contributed by atoms with Crippen LogP contribution in [0.4, 0.5) is 0 Å². The molecule has 6 rings (SSSR count). The van der Waals surface area contributed by atoms with Gasteiger partial charge in [-0.05, 0) is 36.8 Å². The molecule has 4 aromatic rings. The molecule has 0 spiro atoms. The predicted octanol–water partition coefficient (Wildman–Crippen LogP) is 1.24. The van der Waals surface area contributed by atoms with E-state index in [0.717, 1.165) is 41.2 Å². The van der Waals surface area contributed by atoms with Crippen LogP contribution in [0.15, 0.2) is 60.7 Å². The number of fused-ring (bicyclic) bond motifs is 6. The number of amides is 8. The van der Waals surface area contributed by atoms with Gasteiger partial charge in [-0.1, -0.05) is 81.5 Å². The number of carbonyl (C=O) groups is 10. The third kappa shape index (κ3) is 14.3. The van der Waals surface area contributed by atoms with Gasteiger partial charge in [-0.2, -0.15) is 23.5 Å². The molecule has 2 aromatic heterocycles. The molecule has 6 N–H and O–H groups in total. The molecule has 0 unspecified atom stereocenters. The van der Waals surface area contributed by atoms with Crippen LogP contribution < -0.4 is 21.3 Å². The Morgan fingerprint density at radius 1 is 0.627 bits per heavy atom. The van der Waals surface area contributed by atoms with Crippen LogP contribution in [0.5, 0.6) is 11.5 Å². The van der Waals surface area contributed by atoms with E-state index in [4.69, 9.17) is 0 Å². The number of hydrogen-bond acceptors (Lipinski definition) is 20. The number of carbonyl (C=O) groups excluding carboxylic acids is 10. The molecule has 0 saturated carbocycles. The summed E-state index contributed by atoms with van der Waals surface area (Å²) in [5, 5.41) is 30.0. The molecule has 2 saturated heterocycles. The molecule has 8 amide bonds. The smallest absolute Gasteiger partial charge is 0.274 e. The summed E-state index contributed by atoms with van der Waals surface area (Å²) in [4.78, 5) is 154. The van der Waals surface area contributed by atoms with Crippen LogP contribution in [-0.2, 0) is 38.4 Å². The van der Waals surface area contributed by atoms with Crippen LogP contribution in [0, 0.1) is 0 Å². The van der Waals surface area contributed by atoms with Gasteiger partial charge < -0.3 is 51.1 Å². The number of likely N-dealkylation sites (N-methyl/N-ethyl adjacent to an activating group) is 4. The van der Waals surface area contributed by atoms with Crippen LogP contribution in [-0.4, -0.2) is 215 Å². The first-order chi connectivity index (χ1) is 35.7. The third-order valence-corrected chi connectivity index (χ3v) is 18.1. The molecule has 2 fully saturated rings. The minimum Gasteiger partial charge on any atom is -0.505 e. The zero-order valence-electron chi connectivity index (χ0n) is 41.3. The maximum Gasteiger partial charge on any atom is 0.274 e. The number of aromatic hydroxyl groups is 2. The largest absolute Gasteiger partial charge is 0.505 e. The van der Waals surface area contributed by atoms with E-state index in [1.54, 1.807) is 61.0 Å². The average molecular weight is 1140 g/mol. The van der Waals surface area contributed by atoms with E-state index >= 15 is 0 Å². The van der Waals surface area contributed by atoms with Crippen molar-refractivity contribution in [2.24, 2.45) is 0 Å². The second kappa shape index (κ2) is 26.7. The van der Waals surface area contributed by atoms with Crippen molar-refractivity contribution in [3.8, 4) is 11.5 Å². The van der Waals surface area contributed by atoms with Gasteiger partial charge in [-0.3, -0.25) is 47.9 Å². The van der Waals surface area contributed by atoms with Crippen molar-refractivity contribution in [2.75, 3.05) is 82.6 Å². The highest BCUT2D eigenvalue weighted by Gasteiger charge is 2.40. The van der Waals surface area contributed by atoms with Crippen molar-refractivity contribution >= 4 is 148 Å². The SMILES string of the molecule is CSC[C@H]1C(=O)SC[C@@H](NC(=O)c2nc3ccccc3cc2O)C(=O)NCC(=O)N(C)[C@H]2SSC[C@@H](C(=O)N1C)N(C)C(=O)CNC(=O)[C@H](NC(=O)c1nc3ccccc3cc1O)CSC(=O)[C@H](CSC)N(C)C2=O. The first-order valence-corrected chi connectivity index (χ1v) is 29.9. The third-order valence-electron chi connectivity index (χ3n) is 12.0. The number of para-hydroxylation sites is 2. The molecule has 0 aliphatic carbocycles. The van der Waals surface area contributed by atoms with Crippen LogP contribution >= 0.6 is 68.6 Å². The average Bonchev–Trinajstić information content (AvgIpc) is 3.40. The Labute approximate surface area is 455 Å². The summed E-state index contributed by atoms with van der Waals surface area (Å²) in [5.41, 5.74) is -0.108. The number of aromatic nitrogens is 2. The molecule has 22 nitrogen and oxygen atoms in total. The highest BCUT2D eigenvalue weighted by molar-refractivity contribution is 8.77. The van der Waals surface area contributed by atoms with E-state index in [1.807, 2.05) is 0 Å². The highest BCUT2D eigenvalue weighted by atomic mass is 33.1. The Balaban J connectivity index is 1.36. The molecule has 2 aromatic carbocycles. The fraction of sp³-hybridized carbons (Fsp3) is 0.404. The van der Waals surface area contributed by atoms with Crippen molar-refractivity contribution in [1.82, 2.24) is 50.8 Å². The second-order valence-electron chi connectivity index (χ2n) is 16.9. The number of thioether (sulfide) groups is 4. The van der Waals surface area contributed by atoms with Gasteiger partial charge >= 0.3 is 0 Å². The Hall–Kier alpha value is -5.94. The molecule has 2 aliphatic rings. The summed E-state index contributed by atoms with van der Waals surface area (Å²) >= 11 is 3.68. The van der Waals surface area contributed by atoms with Gasteiger partial charge in [-0.25, -0.2) is 9.97 Å². The Morgan fingerprint density at radius 3 is 1.51 bits per heavy atom. The van der Waals surface area contributed by atoms with E-state index in [-0.39, 0.29) is 17.3 Å². The standard InChI is InChI=1S/C47H54N10O12S6/c1-54-30-23-74-75-45(44(67)56(3)32(22-71-6)47(69)73-20-28(39(62)48-17-35(54)60)52-41(64)37-33(58)15-24-11-7-9-13-26(24)50-37)57(4)36(61)18-49-40(63)29(19-72-46(68)31(21-70-5)55(2)43(30)66)53-42(65)38-34(59)16-25-12-8-10-14-27(25)51-38/h7-16,28-32,45,58-59H,17-23H2,1-6H3,(H,48,62)(H,49,63)(H,52,64)(H,53,65)/t28-,29-,30+,31+,32+,45+/m1/s1. The molecule has 2 aliphatic heterocycles. The number of benzene rings is 2. The molecular formula is C47H54N10O12S6. The van der Waals surface area contributed by atoms with Crippen molar-refractivity contribution in [3.05, 3.63) is 72.1 Å². The van der Waals surface area contributed by atoms with E-state index in [0.29, 0.717) is 45.3 Å². The predicted molar refractivity (Wildman–Crippen MR) is 293 cm³/mol. The van der Waals surface area contributed by atoms with E-state index in [1.165, 1.54) is 63.8 Å². The van der Waals surface area contributed by atoms with Crippen LogP contribution in [0.2, 0.25) is 0 Å². The summed E-state index contributed by atoms with van der Waals surface area (Å²) in [5.74, 6) is -8.87. The first-order valence-electron chi connectivity index (χ1n) is 22.7. The number of rotatable bonds is 8. The lowest BCUT2D eigenvalue weighted by atomic mass is 10.1. The Bertz CT molecular complexity index is 2700. The number of pyridine rings is 2. The van der Waals surface area contributed by atoms with E-state index in [2.05, 4.69) is 31.2 Å². The molecule has 0 radical (unpaired) electrons. The lowest BCUT2D eigenvalue weighted by molar-refractivity contribution is -0.144. The molecule has 6 atom stereocenters. The minimum absolute atomic E-state index is 0.0419. The summed E-state index contributed by atoms with van der Waals surface area (Å²) in [6.45, 7) is -1.44. The lowest BCUT2D eigenvalue weighted by Crippen LogP contribution is -2.56. The topological polar surface area (TPSA) is 298 Å². The summed E-state index contributed by atoms with van der Waals surface area (Å²) < 4.78 is 0. The fourth-order valence-electron chi connectivity index (χ4n) is 7.51. The number of nitrogens with zero attached hydrogens (tertiary/aromatic N) is 6. The minimum atomic E-state index is -1.53. The molecule has 75 heavy (non-hydrogen) atoms. The summed E-state index contributed by atoms with van der Waals surface area (Å²) in [7, 11) is 7.09. The Morgan fingerprint density at radius 2 is 1.05 bits per heavy atom. The quantitative estimate of drug-likeness (QED) is 0.135. The summed E-state index contributed by atoms with van der Waals surface area (Å²) in [6.07, 6.45) is 3.40. The first kappa shape index (κ1) is 58.3. The van der Waals surface area contributed by atoms with Crippen molar-refractivity contribution < 1.29 is 58.2 Å². The molecule has 4 heterocycles. The van der Waals surface area contributed by atoms with Gasteiger partial charge in [0.25, 0.3) is 17.7 Å². The number of hydrogen-bond donors (Lipinski definition) is 6. The van der Waals surface area contributed by atoms with Crippen LogP contribution in [0.3, 0.4) is 0 Å². The van der Waals surface area contributed by atoms with Gasteiger partial charge in [0, 0.05) is 67.7 Å². The van der Waals surface area contributed by atoms with Crippen LogP contribution in [0.25, 0.3) is 21.8 Å². The highest BCUT2D eigenvalue weighted by Crippen LogP contribution is 2.33. The van der Waals surface area contributed by atoms with E-state index < -0.39 is 141 Å².